The number of nitrogens with one attached hydrogen (secondary N) is 1. The third-order valence-corrected chi connectivity index (χ3v) is 5.91. The van der Waals surface area contributed by atoms with Crippen LogP contribution in [0.2, 0.25) is 5.02 Å². The van der Waals surface area contributed by atoms with Crippen molar-refractivity contribution in [1.82, 2.24) is 4.98 Å². The summed E-state index contributed by atoms with van der Waals surface area (Å²) in [6.45, 7) is 0. The van der Waals surface area contributed by atoms with Crippen molar-refractivity contribution >= 4 is 35.0 Å². The van der Waals surface area contributed by atoms with Crippen LogP contribution in [0.25, 0.3) is 22.6 Å². The van der Waals surface area contributed by atoms with Crippen molar-refractivity contribution in [3.8, 4) is 22.6 Å². The number of oxazole rings is 1. The second-order valence-corrected chi connectivity index (χ2v) is 8.26. The molecule has 4 rings (SSSR count). The number of carbonyl (C=O) groups excluding carboxylic acids is 1. The fourth-order valence-electron chi connectivity index (χ4n) is 3.27. The largest absolute Gasteiger partial charge is 0.444 e. The molecule has 1 heterocycles. The van der Waals surface area contributed by atoms with E-state index in [0.717, 1.165) is 17.0 Å². The van der Waals surface area contributed by atoms with Gasteiger partial charge < -0.3 is 9.73 Å². The number of carbonyl (C=O) groups is 1. The van der Waals surface area contributed by atoms with Crippen molar-refractivity contribution < 1.29 is 22.4 Å². The van der Waals surface area contributed by atoms with Gasteiger partial charge in [0.15, 0.2) is 0 Å². The molecule has 4 aromatic rings. The first-order valence-corrected chi connectivity index (χ1v) is 11.2. The minimum Gasteiger partial charge on any atom is -0.444 e. The molecule has 4 nitrogen and oxygen atoms in total. The Bertz CT molecular complexity index is 1310. The van der Waals surface area contributed by atoms with E-state index in [1.807, 2.05) is 6.26 Å². The Morgan fingerprint density at radius 2 is 1.88 bits per heavy atom. The predicted octanol–water partition coefficient (Wildman–Crippen LogP) is 7.66. The summed E-state index contributed by atoms with van der Waals surface area (Å²) in [6, 6.07) is 14.8. The fourth-order valence-corrected chi connectivity index (χ4v) is 3.91. The average molecular weight is 489 g/mol. The summed E-state index contributed by atoms with van der Waals surface area (Å²) in [5.74, 6) is -0.180. The van der Waals surface area contributed by atoms with Crippen LogP contribution in [-0.2, 0) is 6.18 Å². The van der Waals surface area contributed by atoms with Gasteiger partial charge in [0.1, 0.15) is 6.26 Å². The summed E-state index contributed by atoms with van der Waals surface area (Å²) >= 11 is 7.65. The summed E-state index contributed by atoms with van der Waals surface area (Å²) in [7, 11) is 0. The monoisotopic (exact) mass is 488 g/mol. The van der Waals surface area contributed by atoms with Crippen LogP contribution in [-0.4, -0.2) is 17.1 Å². The van der Waals surface area contributed by atoms with Gasteiger partial charge in [-0.15, -0.1) is 11.8 Å². The molecule has 1 N–H and O–H groups in total. The van der Waals surface area contributed by atoms with Crippen LogP contribution in [0.3, 0.4) is 0 Å². The lowest BCUT2D eigenvalue weighted by molar-refractivity contribution is -0.137. The highest BCUT2D eigenvalue weighted by atomic mass is 35.5. The van der Waals surface area contributed by atoms with Crippen LogP contribution in [0, 0.1) is 0 Å². The van der Waals surface area contributed by atoms with Crippen molar-refractivity contribution in [2.75, 3.05) is 11.6 Å². The molecule has 33 heavy (non-hydrogen) atoms. The molecule has 0 spiro atoms. The normalized spacial score (nSPS) is 11.4. The number of thioether (sulfide) groups is 1. The topological polar surface area (TPSA) is 55.1 Å². The lowest BCUT2D eigenvalue weighted by Gasteiger charge is -2.14. The van der Waals surface area contributed by atoms with Gasteiger partial charge in [-0.2, -0.15) is 13.2 Å². The molecule has 1 aromatic heterocycles. The summed E-state index contributed by atoms with van der Waals surface area (Å²) in [4.78, 5) is 18.0. The van der Waals surface area contributed by atoms with E-state index in [9.17, 15) is 18.0 Å². The Morgan fingerprint density at radius 1 is 1.06 bits per heavy atom. The lowest BCUT2D eigenvalue weighted by Crippen LogP contribution is -2.13. The molecule has 0 saturated heterocycles. The standard InChI is InChI=1S/C24H16ClF3N2O2S/c1-33-17-6-7-18(19(13-17)14-3-2-4-15(11-14)24(26,27)28)22(31)30-16-5-8-21(25)20(12-16)23-29-9-10-32-23/h2-13H,1H3,(H,30,31). The zero-order valence-electron chi connectivity index (χ0n) is 17.1. The number of alkyl halides is 3. The molecule has 0 atom stereocenters. The van der Waals surface area contributed by atoms with Gasteiger partial charge in [0, 0.05) is 16.1 Å². The van der Waals surface area contributed by atoms with Crippen LogP contribution in [0.4, 0.5) is 18.9 Å². The van der Waals surface area contributed by atoms with E-state index < -0.39 is 17.6 Å². The van der Waals surface area contributed by atoms with Gasteiger partial charge in [0.05, 0.1) is 22.3 Å². The minimum atomic E-state index is -4.49. The van der Waals surface area contributed by atoms with Crippen molar-refractivity contribution in [2.24, 2.45) is 0 Å². The first-order chi connectivity index (χ1) is 15.8. The first kappa shape index (κ1) is 22.9. The zero-order chi connectivity index (χ0) is 23.6. The van der Waals surface area contributed by atoms with Crippen molar-refractivity contribution in [2.45, 2.75) is 11.1 Å². The number of aromatic nitrogens is 1. The molecule has 0 aliphatic rings. The van der Waals surface area contributed by atoms with Crippen molar-refractivity contribution in [1.29, 1.82) is 0 Å². The van der Waals surface area contributed by atoms with Crippen molar-refractivity contribution in [3.05, 3.63) is 89.3 Å². The van der Waals surface area contributed by atoms with E-state index in [4.69, 9.17) is 16.0 Å². The Morgan fingerprint density at radius 3 is 2.58 bits per heavy atom. The smallest absolute Gasteiger partial charge is 0.416 e. The van der Waals surface area contributed by atoms with Crippen LogP contribution in [0.15, 0.2) is 82.4 Å². The first-order valence-electron chi connectivity index (χ1n) is 9.62. The van der Waals surface area contributed by atoms with Gasteiger partial charge in [-0.25, -0.2) is 4.98 Å². The van der Waals surface area contributed by atoms with E-state index in [2.05, 4.69) is 10.3 Å². The minimum absolute atomic E-state index is 0.236. The highest BCUT2D eigenvalue weighted by Gasteiger charge is 2.30. The third-order valence-electron chi connectivity index (χ3n) is 4.86. The van der Waals surface area contributed by atoms with Gasteiger partial charge in [0.2, 0.25) is 5.89 Å². The Kier molecular flexibility index (Phi) is 6.49. The molecular weight excluding hydrogens is 473 g/mol. The van der Waals surface area contributed by atoms with Gasteiger partial charge in [0.25, 0.3) is 5.91 Å². The van der Waals surface area contributed by atoms with Crippen LogP contribution >= 0.6 is 23.4 Å². The molecule has 0 saturated carbocycles. The van der Waals surface area contributed by atoms with Crippen LogP contribution in [0.5, 0.6) is 0 Å². The fraction of sp³-hybridized carbons (Fsp3) is 0.0833. The molecular formula is C24H16ClF3N2O2S. The molecule has 168 valence electrons. The zero-order valence-corrected chi connectivity index (χ0v) is 18.7. The quantitative estimate of drug-likeness (QED) is 0.293. The predicted molar refractivity (Wildman–Crippen MR) is 124 cm³/mol. The SMILES string of the molecule is CSc1ccc(C(=O)Nc2ccc(Cl)c(-c3ncco3)c2)c(-c2cccc(C(F)(F)F)c2)c1. The maximum atomic E-state index is 13.3. The maximum Gasteiger partial charge on any atom is 0.416 e. The molecule has 0 aliphatic carbocycles. The van der Waals surface area contributed by atoms with Gasteiger partial charge in [-0.1, -0.05) is 23.7 Å². The molecule has 3 aromatic carbocycles. The number of hydrogen-bond donors (Lipinski definition) is 1. The molecule has 9 heteroatoms. The van der Waals surface area contributed by atoms with Crippen LogP contribution in [0.1, 0.15) is 15.9 Å². The second-order valence-electron chi connectivity index (χ2n) is 6.98. The summed E-state index contributed by atoms with van der Waals surface area (Å²) in [5, 5.41) is 3.18. The third kappa shape index (κ3) is 5.07. The van der Waals surface area contributed by atoms with E-state index in [1.165, 1.54) is 30.3 Å². The highest BCUT2D eigenvalue weighted by Crippen LogP contribution is 2.35. The molecule has 0 aliphatic heterocycles. The molecule has 0 radical (unpaired) electrons. The van der Waals surface area contributed by atoms with Crippen molar-refractivity contribution in [3.63, 3.8) is 0 Å². The van der Waals surface area contributed by atoms with Gasteiger partial charge in [-0.05, 0) is 65.9 Å². The lowest BCUT2D eigenvalue weighted by atomic mass is 9.97. The summed E-state index contributed by atoms with van der Waals surface area (Å²) < 4.78 is 45.1. The number of hydrogen-bond acceptors (Lipinski definition) is 4. The number of anilines is 1. The molecule has 0 unspecified atom stereocenters. The second kappa shape index (κ2) is 9.33. The number of rotatable bonds is 5. The van der Waals surface area contributed by atoms with E-state index in [1.54, 1.807) is 42.5 Å². The Hall–Kier alpha value is -3.23. The average Bonchev–Trinajstić information content (AvgIpc) is 3.34. The van der Waals surface area contributed by atoms with Gasteiger partial charge in [-0.3, -0.25) is 4.79 Å². The maximum absolute atomic E-state index is 13.3. The van der Waals surface area contributed by atoms with E-state index in [0.29, 0.717) is 33.3 Å². The van der Waals surface area contributed by atoms with E-state index >= 15 is 0 Å². The number of benzene rings is 3. The van der Waals surface area contributed by atoms with Crippen LogP contribution < -0.4 is 5.32 Å². The number of halogens is 4. The molecule has 0 bridgehead atoms. The summed E-state index contributed by atoms with van der Waals surface area (Å²) in [6.07, 6.45) is 0.245. The molecule has 1 amide bonds. The Balaban J connectivity index is 1.72. The highest BCUT2D eigenvalue weighted by molar-refractivity contribution is 7.98. The number of nitrogens with zero attached hydrogens (tertiary/aromatic N) is 1. The summed E-state index contributed by atoms with van der Waals surface area (Å²) in [5.41, 5.74) is 1.07. The van der Waals surface area contributed by atoms with E-state index in [-0.39, 0.29) is 5.56 Å². The Labute approximate surface area is 196 Å². The van der Waals surface area contributed by atoms with Gasteiger partial charge >= 0.3 is 6.18 Å². The molecule has 0 fully saturated rings. The number of amides is 1.